The summed E-state index contributed by atoms with van der Waals surface area (Å²) in [6.07, 6.45) is 4.69. The minimum absolute atomic E-state index is 0.0839. The van der Waals surface area contributed by atoms with Gasteiger partial charge in [-0.3, -0.25) is 4.79 Å². The molecular formula is C21H21N5O2S. The Bertz CT molecular complexity index is 1100. The van der Waals surface area contributed by atoms with Crippen molar-refractivity contribution in [1.82, 2.24) is 24.4 Å². The summed E-state index contributed by atoms with van der Waals surface area (Å²) in [6.45, 7) is 2.23. The van der Waals surface area contributed by atoms with Crippen LogP contribution in [0.1, 0.15) is 34.7 Å². The van der Waals surface area contributed by atoms with Gasteiger partial charge in [0.1, 0.15) is 5.65 Å². The second-order valence-electron chi connectivity index (χ2n) is 6.60. The van der Waals surface area contributed by atoms with Gasteiger partial charge in [-0.05, 0) is 24.3 Å². The van der Waals surface area contributed by atoms with Crippen LogP contribution in [0.25, 0.3) is 5.65 Å². The Morgan fingerprint density at radius 2 is 2.00 bits per heavy atom. The summed E-state index contributed by atoms with van der Waals surface area (Å²) in [5.74, 6) is 1.68. The number of fused-ring (bicyclic) bond motifs is 1. The normalized spacial score (nSPS) is 11.1. The van der Waals surface area contributed by atoms with Crippen molar-refractivity contribution in [2.75, 3.05) is 7.05 Å². The molecule has 0 fully saturated rings. The fraction of sp³-hybridized carbons (Fsp3) is 0.238. The molecule has 4 rings (SSSR count). The third kappa shape index (κ3) is 4.32. The molecule has 29 heavy (non-hydrogen) atoms. The largest absolute Gasteiger partial charge is 0.337 e. The minimum Gasteiger partial charge on any atom is -0.337 e. The zero-order valence-corrected chi connectivity index (χ0v) is 17.1. The molecule has 3 heterocycles. The van der Waals surface area contributed by atoms with Crippen LogP contribution in [0.15, 0.2) is 64.3 Å². The number of pyridine rings is 1. The van der Waals surface area contributed by atoms with E-state index in [9.17, 15) is 4.79 Å². The standard InChI is InChI=1S/C21H21N5O2S/c1-3-18-23-20(28-24-18)13-25(2)21(27)16-8-4-5-9-17(16)29-14-15-12-26-11-7-6-10-19(26)22-15/h4-12H,3,13-14H2,1-2H3. The smallest absolute Gasteiger partial charge is 0.255 e. The number of aryl methyl sites for hydroxylation is 1. The lowest BCUT2D eigenvalue weighted by Crippen LogP contribution is -2.26. The molecule has 4 aromatic rings. The molecule has 8 heteroatoms. The van der Waals surface area contributed by atoms with Crippen molar-refractivity contribution < 1.29 is 9.32 Å². The van der Waals surface area contributed by atoms with E-state index < -0.39 is 0 Å². The summed E-state index contributed by atoms with van der Waals surface area (Å²) in [4.78, 5) is 24.4. The number of nitrogens with zero attached hydrogens (tertiary/aromatic N) is 5. The molecule has 0 atom stereocenters. The quantitative estimate of drug-likeness (QED) is 0.433. The first-order valence-electron chi connectivity index (χ1n) is 9.35. The van der Waals surface area contributed by atoms with E-state index >= 15 is 0 Å². The lowest BCUT2D eigenvalue weighted by molar-refractivity contribution is 0.0766. The fourth-order valence-electron chi connectivity index (χ4n) is 2.96. The molecule has 0 N–H and O–H groups in total. The number of aromatic nitrogens is 4. The Morgan fingerprint density at radius 3 is 2.79 bits per heavy atom. The molecule has 0 aliphatic rings. The van der Waals surface area contributed by atoms with Gasteiger partial charge in [-0.2, -0.15) is 4.98 Å². The molecule has 0 aliphatic heterocycles. The predicted octanol–water partition coefficient (Wildman–Crippen LogP) is 3.84. The van der Waals surface area contributed by atoms with Crippen LogP contribution in [0.2, 0.25) is 0 Å². The molecule has 148 valence electrons. The number of thioether (sulfide) groups is 1. The number of carbonyl (C=O) groups is 1. The van der Waals surface area contributed by atoms with Gasteiger partial charge < -0.3 is 13.8 Å². The first kappa shape index (κ1) is 19.2. The van der Waals surface area contributed by atoms with E-state index in [1.54, 1.807) is 23.7 Å². The van der Waals surface area contributed by atoms with Gasteiger partial charge in [0, 0.05) is 36.5 Å². The van der Waals surface area contributed by atoms with Crippen molar-refractivity contribution in [3.8, 4) is 0 Å². The van der Waals surface area contributed by atoms with Crippen LogP contribution in [-0.4, -0.2) is 37.4 Å². The molecule has 7 nitrogen and oxygen atoms in total. The van der Waals surface area contributed by atoms with Gasteiger partial charge >= 0.3 is 0 Å². The van der Waals surface area contributed by atoms with E-state index in [0.29, 0.717) is 29.5 Å². The van der Waals surface area contributed by atoms with Crippen molar-refractivity contribution in [3.05, 3.63) is 77.8 Å². The predicted molar refractivity (Wildman–Crippen MR) is 111 cm³/mol. The number of rotatable bonds is 7. The van der Waals surface area contributed by atoms with Gasteiger partial charge in [-0.1, -0.05) is 30.3 Å². The molecular weight excluding hydrogens is 386 g/mol. The fourth-order valence-corrected chi connectivity index (χ4v) is 3.88. The Balaban J connectivity index is 1.47. The van der Waals surface area contributed by atoms with E-state index in [1.165, 1.54) is 0 Å². The molecule has 0 bridgehead atoms. The summed E-state index contributed by atoms with van der Waals surface area (Å²) in [5, 5.41) is 3.88. The molecule has 0 aliphatic carbocycles. The number of imidazole rings is 1. The maximum absolute atomic E-state index is 13.0. The molecule has 3 aromatic heterocycles. The number of amides is 1. The van der Waals surface area contributed by atoms with Crippen molar-refractivity contribution in [1.29, 1.82) is 0 Å². The highest BCUT2D eigenvalue weighted by Gasteiger charge is 2.18. The van der Waals surface area contributed by atoms with E-state index in [2.05, 4.69) is 15.1 Å². The van der Waals surface area contributed by atoms with Crippen LogP contribution in [0.5, 0.6) is 0 Å². The van der Waals surface area contributed by atoms with Crippen LogP contribution in [0, 0.1) is 0 Å². The van der Waals surface area contributed by atoms with Gasteiger partial charge in [-0.25, -0.2) is 4.98 Å². The van der Waals surface area contributed by atoms with Crippen molar-refractivity contribution >= 4 is 23.3 Å². The molecule has 0 saturated carbocycles. The Hall–Kier alpha value is -3.13. The summed E-state index contributed by atoms with van der Waals surface area (Å²) in [5.41, 5.74) is 2.53. The topological polar surface area (TPSA) is 76.5 Å². The van der Waals surface area contributed by atoms with E-state index in [1.807, 2.05) is 66.2 Å². The summed E-state index contributed by atoms with van der Waals surface area (Å²) in [6, 6.07) is 13.5. The van der Waals surface area contributed by atoms with E-state index in [0.717, 1.165) is 16.2 Å². The van der Waals surface area contributed by atoms with Crippen molar-refractivity contribution in [2.24, 2.45) is 0 Å². The summed E-state index contributed by atoms with van der Waals surface area (Å²) < 4.78 is 7.20. The Morgan fingerprint density at radius 1 is 1.17 bits per heavy atom. The van der Waals surface area contributed by atoms with Gasteiger partial charge in [-0.15, -0.1) is 11.8 Å². The minimum atomic E-state index is -0.0839. The molecule has 0 unspecified atom stereocenters. The first-order valence-corrected chi connectivity index (χ1v) is 10.3. The zero-order valence-electron chi connectivity index (χ0n) is 16.3. The first-order chi connectivity index (χ1) is 14.1. The highest BCUT2D eigenvalue weighted by molar-refractivity contribution is 7.98. The van der Waals surface area contributed by atoms with E-state index in [4.69, 9.17) is 4.52 Å². The Labute approximate surface area is 172 Å². The maximum Gasteiger partial charge on any atom is 0.255 e. The van der Waals surface area contributed by atoms with Crippen molar-refractivity contribution in [3.63, 3.8) is 0 Å². The number of carbonyl (C=O) groups excluding carboxylic acids is 1. The maximum atomic E-state index is 13.0. The average Bonchev–Trinajstić information content (AvgIpc) is 3.38. The van der Waals surface area contributed by atoms with Crippen LogP contribution in [0.3, 0.4) is 0 Å². The third-order valence-corrected chi connectivity index (χ3v) is 5.56. The van der Waals surface area contributed by atoms with Gasteiger partial charge in [0.2, 0.25) is 5.89 Å². The van der Waals surface area contributed by atoms with Crippen LogP contribution in [-0.2, 0) is 18.7 Å². The van der Waals surface area contributed by atoms with Crippen molar-refractivity contribution in [2.45, 2.75) is 30.5 Å². The number of hydrogen-bond donors (Lipinski definition) is 0. The second kappa shape index (κ2) is 8.48. The average molecular weight is 407 g/mol. The highest BCUT2D eigenvalue weighted by Crippen LogP contribution is 2.27. The van der Waals surface area contributed by atoms with Crippen LogP contribution < -0.4 is 0 Å². The molecule has 0 radical (unpaired) electrons. The monoisotopic (exact) mass is 407 g/mol. The molecule has 0 saturated heterocycles. The van der Waals surface area contributed by atoms with E-state index in [-0.39, 0.29) is 12.5 Å². The second-order valence-corrected chi connectivity index (χ2v) is 7.62. The number of benzene rings is 1. The lowest BCUT2D eigenvalue weighted by atomic mass is 10.2. The van der Waals surface area contributed by atoms with Crippen LogP contribution in [0.4, 0.5) is 0 Å². The number of hydrogen-bond acceptors (Lipinski definition) is 6. The SMILES string of the molecule is CCc1noc(CN(C)C(=O)c2ccccc2SCc2cn3ccccc3n2)n1. The summed E-state index contributed by atoms with van der Waals surface area (Å²) >= 11 is 1.60. The molecule has 1 aromatic carbocycles. The molecule has 1 amide bonds. The van der Waals surface area contributed by atoms with Gasteiger partial charge in [0.25, 0.3) is 5.91 Å². The summed E-state index contributed by atoms with van der Waals surface area (Å²) in [7, 11) is 1.74. The zero-order chi connectivity index (χ0) is 20.2. The lowest BCUT2D eigenvalue weighted by Gasteiger charge is -2.17. The molecule has 0 spiro atoms. The van der Waals surface area contributed by atoms with Gasteiger partial charge in [0.05, 0.1) is 17.8 Å². The Kier molecular flexibility index (Phi) is 5.62. The van der Waals surface area contributed by atoms with Gasteiger partial charge in [0.15, 0.2) is 5.82 Å². The third-order valence-electron chi connectivity index (χ3n) is 4.45. The highest BCUT2D eigenvalue weighted by atomic mass is 32.2. The van der Waals surface area contributed by atoms with Crippen LogP contribution >= 0.6 is 11.8 Å².